The van der Waals surface area contributed by atoms with Crippen LogP contribution >= 0.6 is 0 Å². The highest BCUT2D eigenvalue weighted by molar-refractivity contribution is 5.67. The Morgan fingerprint density at radius 2 is 2.15 bits per heavy atom. The van der Waals surface area contributed by atoms with Crippen molar-refractivity contribution < 1.29 is 13.9 Å². The van der Waals surface area contributed by atoms with E-state index in [-0.39, 0.29) is 5.92 Å². The zero-order valence-electron chi connectivity index (χ0n) is 8.26. The number of amides is 1. The summed E-state index contributed by atoms with van der Waals surface area (Å²) in [6.07, 6.45) is -0.628. The fourth-order valence-corrected chi connectivity index (χ4v) is 0.950. The second kappa shape index (κ2) is 3.52. The van der Waals surface area contributed by atoms with Gasteiger partial charge in [-0.3, -0.25) is 0 Å². The van der Waals surface area contributed by atoms with Crippen molar-refractivity contribution in [3.63, 3.8) is 0 Å². The van der Waals surface area contributed by atoms with Crippen molar-refractivity contribution >= 4 is 6.09 Å². The predicted molar refractivity (Wildman–Crippen MR) is 47.2 cm³/mol. The number of nitrogens with one attached hydrogen (secondary N) is 1. The highest BCUT2D eigenvalue weighted by Gasteiger charge is 2.37. The van der Waals surface area contributed by atoms with Crippen molar-refractivity contribution in [2.24, 2.45) is 5.92 Å². The fourth-order valence-electron chi connectivity index (χ4n) is 0.950. The van der Waals surface area contributed by atoms with E-state index in [9.17, 15) is 9.18 Å². The number of hydrogen-bond donors (Lipinski definition) is 1. The topological polar surface area (TPSA) is 38.3 Å². The van der Waals surface area contributed by atoms with Crippen molar-refractivity contribution in [2.45, 2.75) is 39.0 Å². The number of rotatable bonds is 2. The van der Waals surface area contributed by atoms with Gasteiger partial charge in [-0.25, -0.2) is 9.18 Å². The van der Waals surface area contributed by atoms with Crippen LogP contribution in [0, 0.1) is 5.92 Å². The minimum absolute atomic E-state index is 0.00696. The van der Waals surface area contributed by atoms with Crippen LogP contribution in [0.4, 0.5) is 9.18 Å². The third-order valence-electron chi connectivity index (χ3n) is 1.74. The molecule has 0 aromatic heterocycles. The van der Waals surface area contributed by atoms with Crippen LogP contribution in [0.2, 0.25) is 0 Å². The molecule has 1 saturated carbocycles. The zero-order chi connectivity index (χ0) is 10.1. The first kappa shape index (κ1) is 10.3. The minimum atomic E-state index is -0.727. The molecule has 4 heteroatoms. The van der Waals surface area contributed by atoms with Crippen molar-refractivity contribution in [2.75, 3.05) is 6.54 Å². The average Bonchev–Trinajstić information content (AvgIpc) is 2.58. The van der Waals surface area contributed by atoms with Crippen LogP contribution in [-0.4, -0.2) is 24.4 Å². The number of carbonyl (C=O) groups is 1. The molecular weight excluding hydrogens is 173 g/mol. The maximum absolute atomic E-state index is 12.4. The van der Waals surface area contributed by atoms with Crippen LogP contribution in [0.3, 0.4) is 0 Å². The second-order valence-electron chi connectivity index (χ2n) is 4.39. The molecule has 1 fully saturated rings. The van der Waals surface area contributed by atoms with Gasteiger partial charge in [0, 0.05) is 12.5 Å². The molecule has 1 aliphatic rings. The van der Waals surface area contributed by atoms with Crippen molar-refractivity contribution in [3.05, 3.63) is 0 Å². The smallest absolute Gasteiger partial charge is 0.407 e. The van der Waals surface area contributed by atoms with Gasteiger partial charge in [0.25, 0.3) is 0 Å². The SMILES string of the molecule is CC(C)(C)OC(=O)NC[C@@H]1C[C@@H]1F. The quantitative estimate of drug-likeness (QED) is 0.720. The van der Waals surface area contributed by atoms with Gasteiger partial charge in [0.2, 0.25) is 0 Å². The predicted octanol–water partition coefficient (Wildman–Crippen LogP) is 1.87. The maximum atomic E-state index is 12.4. The summed E-state index contributed by atoms with van der Waals surface area (Å²) in [6, 6.07) is 0. The highest BCUT2D eigenvalue weighted by atomic mass is 19.1. The first-order valence-corrected chi connectivity index (χ1v) is 4.49. The third-order valence-corrected chi connectivity index (χ3v) is 1.74. The minimum Gasteiger partial charge on any atom is -0.444 e. The standard InChI is InChI=1S/C9H16FNO2/c1-9(2,3)13-8(12)11-5-6-4-7(6)10/h6-7H,4-5H2,1-3H3,(H,11,12)/t6-,7-/m0/s1. The van der Waals surface area contributed by atoms with Gasteiger partial charge < -0.3 is 10.1 Å². The van der Waals surface area contributed by atoms with E-state index in [1.807, 2.05) is 0 Å². The van der Waals surface area contributed by atoms with E-state index in [1.54, 1.807) is 20.8 Å². The maximum Gasteiger partial charge on any atom is 0.407 e. The first-order valence-electron chi connectivity index (χ1n) is 4.49. The van der Waals surface area contributed by atoms with Crippen LogP contribution in [0.25, 0.3) is 0 Å². The molecule has 1 N–H and O–H groups in total. The molecule has 76 valence electrons. The summed E-state index contributed by atoms with van der Waals surface area (Å²) in [5, 5.41) is 2.53. The van der Waals surface area contributed by atoms with Crippen LogP contribution in [-0.2, 0) is 4.74 Å². The lowest BCUT2D eigenvalue weighted by Crippen LogP contribution is -2.33. The molecular formula is C9H16FNO2. The average molecular weight is 189 g/mol. The van der Waals surface area contributed by atoms with Crippen LogP contribution < -0.4 is 5.32 Å². The van der Waals surface area contributed by atoms with Gasteiger partial charge in [0.05, 0.1) is 0 Å². The summed E-state index contributed by atoms with van der Waals surface area (Å²) >= 11 is 0. The van der Waals surface area contributed by atoms with Crippen LogP contribution in [0.1, 0.15) is 27.2 Å². The van der Waals surface area contributed by atoms with Gasteiger partial charge in [-0.15, -0.1) is 0 Å². The Morgan fingerprint density at radius 3 is 2.54 bits per heavy atom. The summed E-state index contributed by atoms with van der Waals surface area (Å²) in [4.78, 5) is 11.0. The number of ether oxygens (including phenoxy) is 1. The van der Waals surface area contributed by atoms with Gasteiger partial charge >= 0.3 is 6.09 Å². The lowest BCUT2D eigenvalue weighted by atomic mass is 10.2. The molecule has 0 bridgehead atoms. The van der Waals surface area contributed by atoms with E-state index in [4.69, 9.17) is 4.74 Å². The van der Waals surface area contributed by atoms with Gasteiger partial charge in [-0.05, 0) is 27.2 Å². The molecule has 1 aliphatic carbocycles. The van der Waals surface area contributed by atoms with Gasteiger partial charge in [-0.1, -0.05) is 0 Å². The number of alkyl halides is 1. The third kappa shape index (κ3) is 4.10. The normalized spacial score (nSPS) is 26.8. The molecule has 13 heavy (non-hydrogen) atoms. The van der Waals surface area contributed by atoms with Crippen molar-refractivity contribution in [3.8, 4) is 0 Å². The van der Waals surface area contributed by atoms with Crippen molar-refractivity contribution in [1.29, 1.82) is 0 Å². The zero-order valence-corrected chi connectivity index (χ0v) is 8.26. The number of hydrogen-bond acceptors (Lipinski definition) is 2. The molecule has 1 amide bonds. The number of halogens is 1. The van der Waals surface area contributed by atoms with E-state index < -0.39 is 17.9 Å². The lowest BCUT2D eigenvalue weighted by Gasteiger charge is -2.19. The fraction of sp³-hybridized carbons (Fsp3) is 0.889. The van der Waals surface area contributed by atoms with E-state index in [1.165, 1.54) is 0 Å². The summed E-state index contributed by atoms with van der Waals surface area (Å²) in [5.41, 5.74) is -0.483. The van der Waals surface area contributed by atoms with E-state index >= 15 is 0 Å². The molecule has 0 aromatic rings. The molecule has 0 radical (unpaired) electrons. The van der Waals surface area contributed by atoms with Gasteiger partial charge in [0.1, 0.15) is 11.8 Å². The molecule has 0 unspecified atom stereocenters. The van der Waals surface area contributed by atoms with Crippen LogP contribution in [0.15, 0.2) is 0 Å². The molecule has 2 atom stereocenters. The summed E-state index contributed by atoms with van der Waals surface area (Å²) in [6.45, 7) is 5.76. The molecule has 0 heterocycles. The Kier molecular flexibility index (Phi) is 2.78. The summed E-state index contributed by atoms with van der Waals surface area (Å²) in [7, 11) is 0. The van der Waals surface area contributed by atoms with Gasteiger partial charge in [0.15, 0.2) is 0 Å². The highest BCUT2D eigenvalue weighted by Crippen LogP contribution is 2.32. The Balaban J connectivity index is 2.11. The molecule has 1 rings (SSSR count). The van der Waals surface area contributed by atoms with Gasteiger partial charge in [-0.2, -0.15) is 0 Å². The Morgan fingerprint density at radius 1 is 1.62 bits per heavy atom. The molecule has 0 aromatic carbocycles. The Hall–Kier alpha value is -0.800. The van der Waals surface area contributed by atoms with Crippen LogP contribution in [0.5, 0.6) is 0 Å². The largest absolute Gasteiger partial charge is 0.444 e. The monoisotopic (exact) mass is 189 g/mol. The first-order chi connectivity index (χ1) is 5.88. The number of carbonyl (C=O) groups excluding carboxylic acids is 1. The molecule has 0 spiro atoms. The second-order valence-corrected chi connectivity index (χ2v) is 4.39. The van der Waals surface area contributed by atoms with E-state index in [0.717, 1.165) is 0 Å². The Labute approximate surface area is 77.6 Å². The molecule has 0 saturated heterocycles. The van der Waals surface area contributed by atoms with E-state index in [2.05, 4.69) is 5.32 Å². The summed E-state index contributed by atoms with van der Waals surface area (Å²) < 4.78 is 17.4. The molecule has 3 nitrogen and oxygen atoms in total. The van der Waals surface area contributed by atoms with Crippen molar-refractivity contribution in [1.82, 2.24) is 5.32 Å². The molecule has 0 aliphatic heterocycles. The number of alkyl carbamates (subject to hydrolysis) is 1. The van der Waals surface area contributed by atoms with E-state index in [0.29, 0.717) is 13.0 Å². The summed E-state index contributed by atoms with van der Waals surface area (Å²) in [5.74, 6) is 0.00696. The lowest BCUT2D eigenvalue weighted by molar-refractivity contribution is 0.0524. The Bertz CT molecular complexity index is 200.